The number of fused-ring (bicyclic) bond motifs is 1. The van der Waals surface area contributed by atoms with Gasteiger partial charge in [-0.3, -0.25) is 14.5 Å². The zero-order valence-corrected chi connectivity index (χ0v) is 21.5. The van der Waals surface area contributed by atoms with Crippen molar-refractivity contribution >= 4 is 56.1 Å². The SMILES string of the molecule is CCCCC1(CC)C(=O)Sc2cc(OCC(=O)OCC)c(Br)cc2N(c2ccccc2)C1=O. The van der Waals surface area contributed by atoms with Gasteiger partial charge in [-0.1, -0.05) is 44.9 Å². The van der Waals surface area contributed by atoms with Crippen molar-refractivity contribution in [2.75, 3.05) is 18.1 Å². The van der Waals surface area contributed by atoms with Gasteiger partial charge in [0.15, 0.2) is 6.61 Å². The van der Waals surface area contributed by atoms with Crippen molar-refractivity contribution in [3.05, 3.63) is 46.9 Å². The molecule has 1 atom stereocenters. The molecule has 0 saturated heterocycles. The minimum atomic E-state index is -1.12. The zero-order chi connectivity index (χ0) is 24.0. The quantitative estimate of drug-likeness (QED) is 0.279. The first kappa shape index (κ1) is 25.3. The van der Waals surface area contributed by atoms with Crippen molar-refractivity contribution in [3.63, 3.8) is 0 Å². The first-order chi connectivity index (χ1) is 15.9. The van der Waals surface area contributed by atoms with E-state index in [9.17, 15) is 14.4 Å². The molecule has 2 aromatic carbocycles. The predicted molar refractivity (Wildman–Crippen MR) is 133 cm³/mol. The van der Waals surface area contributed by atoms with E-state index in [0.717, 1.165) is 24.6 Å². The monoisotopic (exact) mass is 533 g/mol. The Morgan fingerprint density at radius 3 is 2.48 bits per heavy atom. The van der Waals surface area contributed by atoms with Crippen LogP contribution in [-0.2, 0) is 19.1 Å². The van der Waals surface area contributed by atoms with Gasteiger partial charge in [0, 0.05) is 10.6 Å². The molecule has 33 heavy (non-hydrogen) atoms. The average Bonchev–Trinajstić information content (AvgIpc) is 2.89. The second kappa shape index (κ2) is 11.2. The number of benzene rings is 2. The van der Waals surface area contributed by atoms with E-state index in [2.05, 4.69) is 22.9 Å². The predicted octanol–water partition coefficient (Wildman–Crippen LogP) is 6.27. The number of carbonyl (C=O) groups is 3. The lowest BCUT2D eigenvalue weighted by molar-refractivity contribution is -0.145. The van der Waals surface area contributed by atoms with Crippen LogP contribution in [-0.4, -0.2) is 30.2 Å². The third kappa shape index (κ3) is 5.27. The Morgan fingerprint density at radius 1 is 1.12 bits per heavy atom. The normalized spacial score (nSPS) is 18.0. The topological polar surface area (TPSA) is 72.9 Å². The number of carbonyl (C=O) groups excluding carboxylic acids is 3. The summed E-state index contributed by atoms with van der Waals surface area (Å²) in [5.74, 6) is -0.290. The number of hydrogen-bond donors (Lipinski definition) is 0. The highest BCUT2D eigenvalue weighted by molar-refractivity contribution is 9.10. The van der Waals surface area contributed by atoms with E-state index >= 15 is 0 Å². The van der Waals surface area contributed by atoms with Crippen molar-refractivity contribution in [3.8, 4) is 5.75 Å². The lowest BCUT2D eigenvalue weighted by Gasteiger charge is -2.33. The van der Waals surface area contributed by atoms with E-state index in [0.29, 0.717) is 39.3 Å². The molecule has 1 aliphatic rings. The van der Waals surface area contributed by atoms with Crippen LogP contribution in [0.25, 0.3) is 0 Å². The molecule has 1 aliphatic heterocycles. The number of amides is 1. The van der Waals surface area contributed by atoms with Crippen molar-refractivity contribution in [2.24, 2.45) is 5.41 Å². The number of hydrogen-bond acceptors (Lipinski definition) is 6. The Hall–Kier alpha value is -2.32. The van der Waals surface area contributed by atoms with Gasteiger partial charge >= 0.3 is 5.97 Å². The van der Waals surface area contributed by atoms with Gasteiger partial charge in [0.1, 0.15) is 11.2 Å². The largest absolute Gasteiger partial charge is 0.481 e. The van der Waals surface area contributed by atoms with Gasteiger partial charge in [0.25, 0.3) is 0 Å². The molecule has 176 valence electrons. The molecule has 8 heteroatoms. The number of anilines is 2. The van der Waals surface area contributed by atoms with Gasteiger partial charge in [-0.15, -0.1) is 0 Å². The molecule has 1 amide bonds. The fourth-order valence-electron chi connectivity index (χ4n) is 3.83. The smallest absolute Gasteiger partial charge is 0.344 e. The molecule has 2 aromatic rings. The van der Waals surface area contributed by atoms with Gasteiger partial charge in [-0.2, -0.15) is 0 Å². The maximum atomic E-state index is 14.0. The van der Waals surface area contributed by atoms with Crippen LogP contribution in [0.2, 0.25) is 0 Å². The molecule has 0 N–H and O–H groups in total. The molecule has 0 spiro atoms. The number of ether oxygens (including phenoxy) is 2. The van der Waals surface area contributed by atoms with Crippen molar-refractivity contribution in [1.29, 1.82) is 0 Å². The average molecular weight is 534 g/mol. The van der Waals surface area contributed by atoms with Crippen molar-refractivity contribution in [2.45, 2.75) is 51.3 Å². The molecule has 0 aromatic heterocycles. The number of rotatable bonds is 9. The summed E-state index contributed by atoms with van der Waals surface area (Å²) in [4.78, 5) is 41.6. The van der Waals surface area contributed by atoms with Gasteiger partial charge < -0.3 is 9.47 Å². The number of unbranched alkanes of at least 4 members (excludes halogenated alkanes) is 1. The molecule has 1 unspecified atom stereocenters. The molecule has 0 saturated carbocycles. The minimum absolute atomic E-state index is 0.165. The van der Waals surface area contributed by atoms with Crippen molar-refractivity contribution in [1.82, 2.24) is 0 Å². The lowest BCUT2D eigenvalue weighted by Crippen LogP contribution is -2.44. The van der Waals surface area contributed by atoms with Crippen LogP contribution in [0, 0.1) is 5.41 Å². The zero-order valence-electron chi connectivity index (χ0n) is 19.1. The fraction of sp³-hybridized carbons (Fsp3) is 0.400. The first-order valence-corrected chi connectivity index (χ1v) is 12.7. The summed E-state index contributed by atoms with van der Waals surface area (Å²) in [6, 6.07) is 12.8. The number of para-hydroxylation sites is 1. The molecule has 0 bridgehead atoms. The van der Waals surface area contributed by atoms with Crippen LogP contribution in [0.15, 0.2) is 51.8 Å². The van der Waals surface area contributed by atoms with Crippen LogP contribution < -0.4 is 9.64 Å². The molecule has 0 aliphatic carbocycles. The molecular formula is C25H28BrNO5S. The second-order valence-corrected chi connectivity index (χ2v) is 9.62. The highest BCUT2D eigenvalue weighted by Gasteiger charge is 2.49. The number of nitrogens with zero attached hydrogens (tertiary/aromatic N) is 1. The standard InChI is InChI=1S/C25H28BrNO5S/c1-4-7-13-25(5-2)23(29)27(17-11-9-8-10-12-17)19-14-18(26)20(15-21(19)33-24(25)30)32-16-22(28)31-6-3/h8-12,14-15H,4-7,13,16H2,1-3H3. The summed E-state index contributed by atoms with van der Waals surface area (Å²) in [7, 11) is 0. The van der Waals surface area contributed by atoms with E-state index < -0.39 is 11.4 Å². The molecule has 0 fully saturated rings. The first-order valence-electron chi connectivity index (χ1n) is 11.1. The lowest BCUT2D eigenvalue weighted by atomic mass is 9.79. The summed E-state index contributed by atoms with van der Waals surface area (Å²) < 4.78 is 11.2. The summed E-state index contributed by atoms with van der Waals surface area (Å²) >= 11 is 4.57. The third-order valence-electron chi connectivity index (χ3n) is 5.69. The fourth-order valence-corrected chi connectivity index (χ4v) is 5.43. The van der Waals surface area contributed by atoms with Crippen LogP contribution in [0.1, 0.15) is 46.5 Å². The summed E-state index contributed by atoms with van der Waals surface area (Å²) in [5.41, 5.74) is 0.181. The van der Waals surface area contributed by atoms with Gasteiger partial charge in [0.2, 0.25) is 11.0 Å². The van der Waals surface area contributed by atoms with Crippen LogP contribution in [0.4, 0.5) is 11.4 Å². The van der Waals surface area contributed by atoms with Crippen LogP contribution >= 0.6 is 27.7 Å². The van der Waals surface area contributed by atoms with E-state index in [-0.39, 0.29) is 24.2 Å². The van der Waals surface area contributed by atoms with E-state index in [1.54, 1.807) is 24.0 Å². The number of esters is 1. The summed E-state index contributed by atoms with van der Waals surface area (Å²) in [5, 5.41) is -0.165. The van der Waals surface area contributed by atoms with E-state index in [1.165, 1.54) is 0 Å². The molecule has 1 heterocycles. The Kier molecular flexibility index (Phi) is 8.59. The molecule has 3 rings (SSSR count). The Balaban J connectivity index is 2.12. The third-order valence-corrected chi connectivity index (χ3v) is 7.43. The minimum Gasteiger partial charge on any atom is -0.481 e. The Morgan fingerprint density at radius 2 is 1.85 bits per heavy atom. The second-order valence-electron chi connectivity index (χ2n) is 7.75. The highest BCUT2D eigenvalue weighted by Crippen LogP contribution is 2.50. The van der Waals surface area contributed by atoms with Crippen molar-refractivity contribution < 1.29 is 23.9 Å². The molecular weight excluding hydrogens is 506 g/mol. The summed E-state index contributed by atoms with van der Waals surface area (Å²) in [6.45, 7) is 5.70. The van der Waals surface area contributed by atoms with Crippen LogP contribution in [0.3, 0.4) is 0 Å². The number of halogens is 1. The van der Waals surface area contributed by atoms with E-state index in [1.807, 2.05) is 37.3 Å². The number of thioether (sulfide) groups is 1. The van der Waals surface area contributed by atoms with E-state index in [4.69, 9.17) is 9.47 Å². The van der Waals surface area contributed by atoms with Crippen LogP contribution in [0.5, 0.6) is 5.75 Å². The molecule has 6 nitrogen and oxygen atoms in total. The van der Waals surface area contributed by atoms with Gasteiger partial charge in [-0.05, 0) is 71.7 Å². The maximum Gasteiger partial charge on any atom is 0.344 e. The highest BCUT2D eigenvalue weighted by atomic mass is 79.9. The summed E-state index contributed by atoms with van der Waals surface area (Å²) in [6.07, 6.45) is 2.59. The Labute approximate surface area is 207 Å². The Bertz CT molecular complexity index is 1030. The maximum absolute atomic E-state index is 14.0. The van der Waals surface area contributed by atoms with Gasteiger partial charge in [-0.25, -0.2) is 4.79 Å². The van der Waals surface area contributed by atoms with Gasteiger partial charge in [0.05, 0.1) is 16.8 Å². The molecule has 0 radical (unpaired) electrons.